The molecular weight excluding hydrogens is 356 g/mol. The van der Waals surface area contributed by atoms with Crippen LogP contribution in [-0.4, -0.2) is 52.7 Å². The second kappa shape index (κ2) is 8.22. The van der Waals surface area contributed by atoms with E-state index in [9.17, 15) is 4.79 Å². The number of carbonyl (C=O) groups is 1. The molecule has 148 valence electrons. The number of rotatable bonds is 6. The second-order valence-electron chi connectivity index (χ2n) is 7.69. The first kappa shape index (κ1) is 18.8. The molecule has 1 saturated heterocycles. The van der Waals surface area contributed by atoms with Gasteiger partial charge in [0.05, 0.1) is 5.41 Å². The van der Waals surface area contributed by atoms with Gasteiger partial charge in [0.2, 0.25) is 5.91 Å². The van der Waals surface area contributed by atoms with Gasteiger partial charge in [-0.1, -0.05) is 17.3 Å². The maximum Gasteiger partial charge on any atom is 0.258 e. The molecule has 0 spiro atoms. The van der Waals surface area contributed by atoms with Gasteiger partial charge in [-0.2, -0.15) is 4.98 Å². The highest BCUT2D eigenvalue weighted by Crippen LogP contribution is 2.37. The number of hydrogen-bond donors (Lipinski definition) is 0. The zero-order valence-corrected chi connectivity index (χ0v) is 16.2. The van der Waals surface area contributed by atoms with Crippen LogP contribution in [0.25, 0.3) is 11.5 Å². The average molecular weight is 382 g/mol. The molecule has 1 aliphatic heterocycles. The van der Waals surface area contributed by atoms with Gasteiger partial charge in [0, 0.05) is 50.7 Å². The fourth-order valence-corrected chi connectivity index (χ4v) is 4.24. The number of amides is 1. The number of pyridine rings is 1. The summed E-state index contributed by atoms with van der Waals surface area (Å²) in [6, 6.07) is 3.70. The third-order valence-electron chi connectivity index (χ3n) is 5.86. The van der Waals surface area contributed by atoms with Gasteiger partial charge in [0.25, 0.3) is 5.89 Å². The van der Waals surface area contributed by atoms with Crippen molar-refractivity contribution in [3.63, 3.8) is 0 Å². The SMILES string of the molecule is COCCC1(c2noc(-c3ccncc3)n2)CCCN(C(=O)C2CC=CC2)C1. The molecule has 0 saturated carbocycles. The fraction of sp³-hybridized carbons (Fsp3) is 0.524. The molecule has 0 radical (unpaired) electrons. The van der Waals surface area contributed by atoms with Gasteiger partial charge in [-0.05, 0) is 44.2 Å². The summed E-state index contributed by atoms with van der Waals surface area (Å²) in [4.78, 5) is 23.7. The van der Waals surface area contributed by atoms with Crippen LogP contribution in [0.15, 0.2) is 41.2 Å². The van der Waals surface area contributed by atoms with Crippen LogP contribution in [0.3, 0.4) is 0 Å². The number of ether oxygens (including phenoxy) is 1. The predicted molar refractivity (Wildman–Crippen MR) is 103 cm³/mol. The van der Waals surface area contributed by atoms with E-state index in [1.807, 2.05) is 17.0 Å². The number of hydrogen-bond acceptors (Lipinski definition) is 6. The number of carbonyl (C=O) groups excluding carboxylic acids is 1. The zero-order chi connectivity index (χ0) is 19.4. The summed E-state index contributed by atoms with van der Waals surface area (Å²) in [5.74, 6) is 1.47. The standard InChI is InChI=1S/C21H26N4O3/c1-27-14-10-21(20-23-18(28-24-20)16-7-11-22-12-8-16)9-4-13-25(15-21)19(26)17-5-2-3-6-17/h2-3,7-8,11-12,17H,4-6,9-10,13-15H2,1H3. The minimum Gasteiger partial charge on any atom is -0.385 e. The lowest BCUT2D eigenvalue weighted by Gasteiger charge is -2.41. The molecule has 7 nitrogen and oxygen atoms in total. The molecule has 1 amide bonds. The van der Waals surface area contributed by atoms with Crippen molar-refractivity contribution in [3.8, 4) is 11.5 Å². The Morgan fingerprint density at radius 2 is 2.11 bits per heavy atom. The minimum atomic E-state index is -0.343. The molecule has 1 unspecified atom stereocenters. The fourth-order valence-electron chi connectivity index (χ4n) is 4.24. The maximum atomic E-state index is 13.0. The van der Waals surface area contributed by atoms with E-state index in [4.69, 9.17) is 14.2 Å². The van der Waals surface area contributed by atoms with Crippen LogP contribution in [0.4, 0.5) is 0 Å². The summed E-state index contributed by atoms with van der Waals surface area (Å²) in [7, 11) is 1.70. The summed E-state index contributed by atoms with van der Waals surface area (Å²) in [6.45, 7) is 1.99. The predicted octanol–water partition coefficient (Wildman–Crippen LogP) is 2.99. The van der Waals surface area contributed by atoms with Crippen molar-refractivity contribution in [2.75, 3.05) is 26.8 Å². The van der Waals surface area contributed by atoms with E-state index in [1.165, 1.54) is 0 Å². The lowest BCUT2D eigenvalue weighted by Crippen LogP contribution is -2.51. The number of likely N-dealkylation sites (tertiary alicyclic amines) is 1. The Balaban J connectivity index is 1.59. The van der Waals surface area contributed by atoms with Gasteiger partial charge < -0.3 is 14.2 Å². The van der Waals surface area contributed by atoms with Crippen LogP contribution in [0.2, 0.25) is 0 Å². The quantitative estimate of drug-likeness (QED) is 0.715. The van der Waals surface area contributed by atoms with Crippen LogP contribution in [0.1, 0.15) is 37.9 Å². The number of methoxy groups -OCH3 is 1. The Bertz CT molecular complexity index is 827. The van der Waals surface area contributed by atoms with E-state index in [-0.39, 0.29) is 17.2 Å². The molecule has 0 N–H and O–H groups in total. The van der Waals surface area contributed by atoms with Gasteiger partial charge in [-0.15, -0.1) is 0 Å². The minimum absolute atomic E-state index is 0.0795. The number of allylic oxidation sites excluding steroid dienone is 2. The number of piperidine rings is 1. The molecule has 0 bridgehead atoms. The lowest BCUT2D eigenvalue weighted by molar-refractivity contribution is -0.137. The molecule has 3 heterocycles. The van der Waals surface area contributed by atoms with Gasteiger partial charge in [-0.25, -0.2) is 0 Å². The molecule has 2 aliphatic rings. The Labute approximate surface area is 164 Å². The first-order valence-electron chi connectivity index (χ1n) is 9.89. The van der Waals surface area contributed by atoms with Crippen molar-refractivity contribution in [1.29, 1.82) is 0 Å². The number of nitrogens with zero attached hydrogens (tertiary/aromatic N) is 4. The maximum absolute atomic E-state index is 13.0. The highest BCUT2D eigenvalue weighted by molar-refractivity contribution is 5.80. The van der Waals surface area contributed by atoms with Gasteiger partial charge in [-0.3, -0.25) is 9.78 Å². The number of aromatic nitrogens is 3. The van der Waals surface area contributed by atoms with Crippen LogP contribution >= 0.6 is 0 Å². The molecule has 1 fully saturated rings. The van der Waals surface area contributed by atoms with Gasteiger partial charge in [0.15, 0.2) is 5.82 Å². The molecule has 2 aromatic heterocycles. The van der Waals surface area contributed by atoms with Gasteiger partial charge in [0.1, 0.15) is 0 Å². The molecule has 1 aliphatic carbocycles. The lowest BCUT2D eigenvalue weighted by atomic mass is 9.76. The van der Waals surface area contributed by atoms with Crippen molar-refractivity contribution in [2.45, 2.75) is 37.5 Å². The summed E-state index contributed by atoms with van der Waals surface area (Å²) in [6.07, 6.45) is 11.9. The first-order valence-corrected chi connectivity index (χ1v) is 9.89. The normalized spacial score (nSPS) is 22.7. The monoisotopic (exact) mass is 382 g/mol. The molecule has 28 heavy (non-hydrogen) atoms. The van der Waals surface area contributed by atoms with Crippen molar-refractivity contribution in [2.24, 2.45) is 5.92 Å². The van der Waals surface area contributed by atoms with Crippen LogP contribution < -0.4 is 0 Å². The van der Waals surface area contributed by atoms with Crippen molar-refractivity contribution in [1.82, 2.24) is 20.0 Å². The summed E-state index contributed by atoms with van der Waals surface area (Å²) < 4.78 is 10.9. The van der Waals surface area contributed by atoms with Crippen LogP contribution in [0, 0.1) is 5.92 Å². The third kappa shape index (κ3) is 3.71. The van der Waals surface area contributed by atoms with Crippen molar-refractivity contribution < 1.29 is 14.1 Å². The van der Waals surface area contributed by atoms with E-state index in [0.29, 0.717) is 24.9 Å². The van der Waals surface area contributed by atoms with Crippen LogP contribution in [-0.2, 0) is 14.9 Å². The van der Waals surface area contributed by atoms with E-state index in [1.54, 1.807) is 19.5 Å². The van der Waals surface area contributed by atoms with E-state index in [0.717, 1.165) is 44.2 Å². The van der Waals surface area contributed by atoms with Crippen molar-refractivity contribution >= 4 is 5.91 Å². The third-order valence-corrected chi connectivity index (χ3v) is 5.86. The largest absolute Gasteiger partial charge is 0.385 e. The highest BCUT2D eigenvalue weighted by atomic mass is 16.5. The second-order valence-corrected chi connectivity index (χ2v) is 7.69. The summed E-state index contributed by atoms with van der Waals surface area (Å²) >= 11 is 0. The topological polar surface area (TPSA) is 81.3 Å². The highest BCUT2D eigenvalue weighted by Gasteiger charge is 2.43. The Kier molecular flexibility index (Phi) is 5.52. The van der Waals surface area contributed by atoms with Gasteiger partial charge >= 0.3 is 0 Å². The van der Waals surface area contributed by atoms with E-state index >= 15 is 0 Å². The molecular formula is C21H26N4O3. The molecule has 2 aromatic rings. The van der Waals surface area contributed by atoms with Crippen LogP contribution in [0.5, 0.6) is 0 Å². The average Bonchev–Trinajstić information content (AvgIpc) is 3.45. The molecule has 1 atom stereocenters. The van der Waals surface area contributed by atoms with Crippen molar-refractivity contribution in [3.05, 3.63) is 42.5 Å². The molecule has 7 heteroatoms. The first-order chi connectivity index (χ1) is 13.7. The zero-order valence-electron chi connectivity index (χ0n) is 16.2. The summed E-state index contributed by atoms with van der Waals surface area (Å²) in [5, 5.41) is 4.32. The smallest absolute Gasteiger partial charge is 0.258 e. The van der Waals surface area contributed by atoms with E-state index < -0.39 is 0 Å². The molecule has 4 rings (SSSR count). The van der Waals surface area contributed by atoms with E-state index in [2.05, 4.69) is 22.3 Å². The summed E-state index contributed by atoms with van der Waals surface area (Å²) in [5.41, 5.74) is 0.501. The Hall–Kier alpha value is -2.54. The Morgan fingerprint density at radius 1 is 1.32 bits per heavy atom. The molecule has 0 aromatic carbocycles. The Morgan fingerprint density at radius 3 is 2.86 bits per heavy atom.